The maximum absolute atomic E-state index is 13.0. The number of halogens is 3. The van der Waals surface area contributed by atoms with Gasteiger partial charge in [-0.2, -0.15) is 0 Å². The second-order valence-corrected chi connectivity index (χ2v) is 7.14. The minimum Gasteiger partial charge on any atom is -0.349 e. The molecule has 6 heteroatoms. The zero-order chi connectivity index (χ0) is 18.0. The van der Waals surface area contributed by atoms with E-state index < -0.39 is 0 Å². The summed E-state index contributed by atoms with van der Waals surface area (Å²) in [6.07, 6.45) is 0. The minimum atomic E-state index is -0.290. The Labute approximate surface area is 156 Å². The van der Waals surface area contributed by atoms with Crippen LogP contribution in [-0.2, 0) is 4.79 Å². The molecular formula is C19H19Cl2FN2O. The van der Waals surface area contributed by atoms with Crippen LogP contribution in [0.1, 0.15) is 30.0 Å². The average Bonchev–Trinajstić information content (AvgIpc) is 3.07. The highest BCUT2D eigenvalue weighted by Gasteiger charge is 2.34. The van der Waals surface area contributed by atoms with E-state index in [-0.39, 0.29) is 29.6 Å². The van der Waals surface area contributed by atoms with Crippen molar-refractivity contribution < 1.29 is 9.18 Å². The summed E-state index contributed by atoms with van der Waals surface area (Å²) < 4.78 is 13.0. The van der Waals surface area contributed by atoms with Gasteiger partial charge in [0.05, 0.1) is 22.0 Å². The van der Waals surface area contributed by atoms with Crippen LogP contribution in [0.4, 0.5) is 4.39 Å². The fraction of sp³-hybridized carbons (Fsp3) is 0.316. The van der Waals surface area contributed by atoms with Crippen molar-refractivity contribution >= 4 is 29.1 Å². The molecule has 3 nitrogen and oxygen atoms in total. The molecule has 3 atom stereocenters. The molecular weight excluding hydrogens is 362 g/mol. The van der Waals surface area contributed by atoms with Crippen LogP contribution in [0.3, 0.4) is 0 Å². The van der Waals surface area contributed by atoms with E-state index in [1.54, 1.807) is 18.2 Å². The van der Waals surface area contributed by atoms with Crippen LogP contribution in [0.25, 0.3) is 0 Å². The van der Waals surface area contributed by atoms with Crippen molar-refractivity contribution in [3.63, 3.8) is 0 Å². The second kappa shape index (κ2) is 7.73. The second-order valence-electron chi connectivity index (χ2n) is 6.33. The van der Waals surface area contributed by atoms with E-state index in [1.807, 2.05) is 19.1 Å². The molecule has 2 aromatic carbocycles. The van der Waals surface area contributed by atoms with Gasteiger partial charge in [-0.05, 0) is 42.3 Å². The maximum atomic E-state index is 13.0. The van der Waals surface area contributed by atoms with Gasteiger partial charge in [0, 0.05) is 19.0 Å². The Morgan fingerprint density at radius 3 is 2.56 bits per heavy atom. The van der Waals surface area contributed by atoms with Gasteiger partial charge in [0.25, 0.3) is 0 Å². The smallest absolute Gasteiger partial charge is 0.225 e. The normalized spacial score (nSPS) is 21.1. The van der Waals surface area contributed by atoms with Crippen LogP contribution in [-0.4, -0.2) is 19.0 Å². The lowest BCUT2D eigenvalue weighted by Crippen LogP contribution is -2.36. The molecule has 0 saturated carbocycles. The number of hydrogen-bond acceptors (Lipinski definition) is 2. The fourth-order valence-electron chi connectivity index (χ4n) is 3.20. The van der Waals surface area contributed by atoms with Gasteiger partial charge in [0.15, 0.2) is 0 Å². The van der Waals surface area contributed by atoms with Gasteiger partial charge in [0.1, 0.15) is 5.82 Å². The Morgan fingerprint density at radius 2 is 1.88 bits per heavy atom. The van der Waals surface area contributed by atoms with Gasteiger partial charge in [-0.3, -0.25) is 4.79 Å². The Morgan fingerprint density at radius 1 is 1.16 bits per heavy atom. The number of amides is 1. The molecule has 132 valence electrons. The SMILES string of the molecule is C[C@H](NC(=O)[C@@H]1CNC[C@H]1c1ccc(Cl)c(Cl)c1)c1ccc(F)cc1. The average molecular weight is 381 g/mol. The molecule has 1 saturated heterocycles. The Kier molecular flexibility index (Phi) is 5.62. The highest BCUT2D eigenvalue weighted by Crippen LogP contribution is 2.33. The van der Waals surface area contributed by atoms with Crippen molar-refractivity contribution in [3.8, 4) is 0 Å². The molecule has 2 N–H and O–H groups in total. The number of carbonyl (C=O) groups is 1. The van der Waals surface area contributed by atoms with Crippen molar-refractivity contribution in [2.24, 2.45) is 5.92 Å². The predicted octanol–water partition coefficient (Wildman–Crippen LogP) is 4.31. The highest BCUT2D eigenvalue weighted by atomic mass is 35.5. The number of nitrogens with one attached hydrogen (secondary N) is 2. The lowest BCUT2D eigenvalue weighted by atomic mass is 9.88. The lowest BCUT2D eigenvalue weighted by Gasteiger charge is -2.22. The van der Waals surface area contributed by atoms with Crippen LogP contribution in [0.2, 0.25) is 10.0 Å². The molecule has 1 aliphatic heterocycles. The highest BCUT2D eigenvalue weighted by molar-refractivity contribution is 6.42. The number of carbonyl (C=O) groups excluding carboxylic acids is 1. The maximum Gasteiger partial charge on any atom is 0.225 e. The quantitative estimate of drug-likeness (QED) is 0.829. The minimum absolute atomic E-state index is 0.0297. The Hall–Kier alpha value is -1.62. The molecule has 0 radical (unpaired) electrons. The fourth-order valence-corrected chi connectivity index (χ4v) is 3.51. The first kappa shape index (κ1) is 18.2. The van der Waals surface area contributed by atoms with Crippen LogP contribution in [0, 0.1) is 11.7 Å². The van der Waals surface area contributed by atoms with Crippen molar-refractivity contribution in [2.75, 3.05) is 13.1 Å². The Balaban J connectivity index is 1.72. The van der Waals surface area contributed by atoms with E-state index >= 15 is 0 Å². The molecule has 0 aromatic heterocycles. The topological polar surface area (TPSA) is 41.1 Å². The summed E-state index contributed by atoms with van der Waals surface area (Å²) >= 11 is 12.1. The summed E-state index contributed by atoms with van der Waals surface area (Å²) in [5, 5.41) is 7.29. The Bertz CT molecular complexity index is 767. The van der Waals surface area contributed by atoms with Crippen molar-refractivity contribution in [1.82, 2.24) is 10.6 Å². The molecule has 25 heavy (non-hydrogen) atoms. The largest absolute Gasteiger partial charge is 0.349 e. The standard InChI is InChI=1S/C19H19Cl2FN2O/c1-11(12-2-5-14(22)6-3-12)24-19(25)16-10-23-9-15(16)13-4-7-17(20)18(21)8-13/h2-8,11,15-16,23H,9-10H2,1H3,(H,24,25)/t11-,15-,16+/m0/s1. The molecule has 1 aliphatic rings. The number of hydrogen-bond donors (Lipinski definition) is 2. The van der Waals surface area contributed by atoms with E-state index in [0.717, 1.165) is 11.1 Å². The van der Waals surface area contributed by atoms with E-state index in [9.17, 15) is 9.18 Å². The molecule has 0 unspecified atom stereocenters. The van der Waals surface area contributed by atoms with Crippen LogP contribution >= 0.6 is 23.2 Å². The number of benzene rings is 2. The molecule has 2 aromatic rings. The van der Waals surface area contributed by atoms with E-state index in [1.165, 1.54) is 12.1 Å². The van der Waals surface area contributed by atoms with Gasteiger partial charge in [-0.25, -0.2) is 4.39 Å². The summed E-state index contributed by atoms with van der Waals surface area (Å²) in [5.41, 5.74) is 1.86. The van der Waals surface area contributed by atoms with Gasteiger partial charge in [-0.1, -0.05) is 41.4 Å². The third-order valence-electron chi connectivity index (χ3n) is 4.65. The third kappa shape index (κ3) is 4.14. The molecule has 1 fully saturated rings. The molecule has 3 rings (SSSR count). The van der Waals surface area contributed by atoms with Gasteiger partial charge >= 0.3 is 0 Å². The van der Waals surface area contributed by atoms with Crippen LogP contribution in [0.5, 0.6) is 0 Å². The van der Waals surface area contributed by atoms with E-state index in [0.29, 0.717) is 23.1 Å². The van der Waals surface area contributed by atoms with E-state index in [4.69, 9.17) is 23.2 Å². The van der Waals surface area contributed by atoms with Gasteiger partial charge in [-0.15, -0.1) is 0 Å². The number of rotatable bonds is 4. The van der Waals surface area contributed by atoms with E-state index in [2.05, 4.69) is 10.6 Å². The summed E-state index contributed by atoms with van der Waals surface area (Å²) in [7, 11) is 0. The van der Waals surface area contributed by atoms with Gasteiger partial charge < -0.3 is 10.6 Å². The molecule has 1 amide bonds. The molecule has 0 aliphatic carbocycles. The van der Waals surface area contributed by atoms with Crippen LogP contribution < -0.4 is 10.6 Å². The summed E-state index contributed by atoms with van der Waals surface area (Å²) in [6.45, 7) is 3.20. The third-order valence-corrected chi connectivity index (χ3v) is 5.39. The summed E-state index contributed by atoms with van der Waals surface area (Å²) in [4.78, 5) is 12.7. The summed E-state index contributed by atoms with van der Waals surface area (Å²) in [6, 6.07) is 11.5. The first-order valence-corrected chi connectivity index (χ1v) is 8.93. The monoisotopic (exact) mass is 380 g/mol. The predicted molar refractivity (Wildman–Crippen MR) is 98.5 cm³/mol. The van der Waals surface area contributed by atoms with Crippen molar-refractivity contribution in [1.29, 1.82) is 0 Å². The summed E-state index contributed by atoms with van der Waals surface area (Å²) in [5.74, 6) is -0.477. The first-order chi connectivity index (χ1) is 12.0. The first-order valence-electron chi connectivity index (χ1n) is 8.17. The zero-order valence-corrected chi connectivity index (χ0v) is 15.2. The molecule has 1 heterocycles. The lowest BCUT2D eigenvalue weighted by molar-refractivity contribution is -0.125. The van der Waals surface area contributed by atoms with Crippen LogP contribution in [0.15, 0.2) is 42.5 Å². The van der Waals surface area contributed by atoms with Gasteiger partial charge in [0.2, 0.25) is 5.91 Å². The zero-order valence-electron chi connectivity index (χ0n) is 13.7. The molecule has 0 spiro atoms. The van der Waals surface area contributed by atoms with Crippen molar-refractivity contribution in [2.45, 2.75) is 18.9 Å². The molecule has 0 bridgehead atoms. The van der Waals surface area contributed by atoms with Crippen molar-refractivity contribution in [3.05, 3.63) is 69.5 Å².